The average molecular weight is 302 g/mol. The van der Waals surface area contributed by atoms with E-state index in [1.165, 1.54) is 30.4 Å². The molecule has 21 heavy (non-hydrogen) atoms. The monoisotopic (exact) mass is 302 g/mol. The minimum Gasteiger partial charge on any atom is -0.324 e. The molecule has 0 bridgehead atoms. The van der Waals surface area contributed by atoms with Crippen LogP contribution in [0.5, 0.6) is 0 Å². The molecule has 0 aliphatic heterocycles. The molecule has 2 N–H and O–H groups in total. The van der Waals surface area contributed by atoms with Gasteiger partial charge in [-0.05, 0) is 43.2 Å². The van der Waals surface area contributed by atoms with Crippen molar-refractivity contribution in [1.29, 1.82) is 0 Å². The maximum absolute atomic E-state index is 5.71. The Balaban J connectivity index is 1.73. The Labute approximate surface area is 130 Å². The lowest BCUT2D eigenvalue weighted by atomic mass is 9.84. The lowest BCUT2D eigenvalue weighted by Crippen LogP contribution is -2.12. The first-order chi connectivity index (χ1) is 10.3. The summed E-state index contributed by atoms with van der Waals surface area (Å²) in [6.07, 6.45) is 3.78. The Bertz CT molecular complexity index is 608. The standard InChI is InChI=1S/C16H22N4S/c1-2-20-15(10-17)18-19-16(20)21-11-13-8-5-7-12-6-3-4-9-14(12)13/h3-4,6,9,13H,2,5,7-8,10-11,17H2,1H3. The molecule has 0 radical (unpaired) electrons. The number of rotatable bonds is 5. The molecule has 0 saturated heterocycles. The molecule has 1 heterocycles. The number of aromatic nitrogens is 3. The van der Waals surface area contributed by atoms with Crippen LogP contribution in [0.25, 0.3) is 0 Å². The van der Waals surface area contributed by atoms with Gasteiger partial charge in [0, 0.05) is 12.3 Å². The van der Waals surface area contributed by atoms with E-state index in [4.69, 9.17) is 5.73 Å². The number of benzene rings is 1. The van der Waals surface area contributed by atoms with Crippen LogP contribution in [0.3, 0.4) is 0 Å². The highest BCUT2D eigenvalue weighted by atomic mass is 32.2. The third-order valence-electron chi connectivity index (χ3n) is 4.20. The van der Waals surface area contributed by atoms with Gasteiger partial charge in [-0.2, -0.15) is 0 Å². The minimum absolute atomic E-state index is 0.452. The summed E-state index contributed by atoms with van der Waals surface area (Å²) in [6, 6.07) is 8.86. The van der Waals surface area contributed by atoms with Crippen molar-refractivity contribution in [3.63, 3.8) is 0 Å². The van der Waals surface area contributed by atoms with Crippen molar-refractivity contribution in [2.75, 3.05) is 5.75 Å². The molecule has 0 fully saturated rings. The van der Waals surface area contributed by atoms with E-state index in [1.54, 1.807) is 0 Å². The van der Waals surface area contributed by atoms with Crippen LogP contribution in [0.1, 0.15) is 42.6 Å². The Morgan fingerprint density at radius 1 is 1.33 bits per heavy atom. The fourth-order valence-electron chi connectivity index (χ4n) is 3.10. The topological polar surface area (TPSA) is 56.7 Å². The van der Waals surface area contributed by atoms with Crippen molar-refractivity contribution >= 4 is 11.8 Å². The van der Waals surface area contributed by atoms with Gasteiger partial charge in [-0.3, -0.25) is 0 Å². The molecular weight excluding hydrogens is 280 g/mol. The highest BCUT2D eigenvalue weighted by molar-refractivity contribution is 7.99. The average Bonchev–Trinajstić information content (AvgIpc) is 2.94. The number of nitrogens with two attached hydrogens (primary N) is 1. The number of thioether (sulfide) groups is 1. The second-order valence-electron chi connectivity index (χ2n) is 5.45. The van der Waals surface area contributed by atoms with Crippen molar-refractivity contribution < 1.29 is 0 Å². The Kier molecular flexibility index (Phi) is 4.60. The number of hydrogen-bond donors (Lipinski definition) is 1. The van der Waals surface area contributed by atoms with E-state index in [-0.39, 0.29) is 0 Å². The van der Waals surface area contributed by atoms with Crippen LogP contribution in [-0.4, -0.2) is 20.5 Å². The number of fused-ring (bicyclic) bond motifs is 1. The molecule has 3 rings (SSSR count). The highest BCUT2D eigenvalue weighted by Gasteiger charge is 2.21. The van der Waals surface area contributed by atoms with E-state index in [2.05, 4.69) is 46.0 Å². The van der Waals surface area contributed by atoms with Gasteiger partial charge in [0.2, 0.25) is 0 Å². The highest BCUT2D eigenvalue weighted by Crippen LogP contribution is 2.35. The van der Waals surface area contributed by atoms with Gasteiger partial charge in [0.25, 0.3) is 0 Å². The van der Waals surface area contributed by atoms with Gasteiger partial charge in [0.15, 0.2) is 5.16 Å². The molecular formula is C16H22N4S. The zero-order valence-corrected chi connectivity index (χ0v) is 13.3. The van der Waals surface area contributed by atoms with Gasteiger partial charge >= 0.3 is 0 Å². The first kappa shape index (κ1) is 14.6. The van der Waals surface area contributed by atoms with Gasteiger partial charge in [-0.1, -0.05) is 36.0 Å². The zero-order chi connectivity index (χ0) is 14.7. The Morgan fingerprint density at radius 2 is 2.19 bits per heavy atom. The molecule has 0 saturated carbocycles. The summed E-state index contributed by atoms with van der Waals surface area (Å²) in [5, 5.41) is 9.48. The van der Waals surface area contributed by atoms with Crippen molar-refractivity contribution in [1.82, 2.24) is 14.8 Å². The second kappa shape index (κ2) is 6.62. The summed E-state index contributed by atoms with van der Waals surface area (Å²) in [7, 11) is 0. The quantitative estimate of drug-likeness (QED) is 0.863. The van der Waals surface area contributed by atoms with Crippen molar-refractivity contribution in [3.8, 4) is 0 Å². The molecule has 0 spiro atoms. The zero-order valence-electron chi connectivity index (χ0n) is 12.5. The summed E-state index contributed by atoms with van der Waals surface area (Å²) in [6.45, 7) is 3.44. The summed E-state index contributed by atoms with van der Waals surface area (Å²) in [5.41, 5.74) is 8.76. The molecule has 1 aliphatic carbocycles. The third kappa shape index (κ3) is 2.99. The normalized spacial score (nSPS) is 17.7. The molecule has 1 unspecified atom stereocenters. The molecule has 1 aliphatic rings. The lowest BCUT2D eigenvalue weighted by Gasteiger charge is -2.25. The van der Waals surface area contributed by atoms with E-state index in [0.29, 0.717) is 12.5 Å². The maximum atomic E-state index is 5.71. The SMILES string of the molecule is CCn1c(CN)nnc1SCC1CCCc2ccccc21. The van der Waals surface area contributed by atoms with Gasteiger partial charge in [0.05, 0.1) is 6.54 Å². The predicted octanol–water partition coefficient (Wildman–Crippen LogP) is 2.97. The Morgan fingerprint density at radius 3 is 3.00 bits per heavy atom. The van der Waals surface area contributed by atoms with Gasteiger partial charge in [-0.25, -0.2) is 0 Å². The van der Waals surface area contributed by atoms with E-state index < -0.39 is 0 Å². The molecule has 1 aromatic heterocycles. The number of aryl methyl sites for hydroxylation is 1. The fourth-order valence-corrected chi connectivity index (χ4v) is 4.28. The first-order valence-electron chi connectivity index (χ1n) is 7.66. The molecule has 112 valence electrons. The summed E-state index contributed by atoms with van der Waals surface area (Å²) < 4.78 is 2.12. The fraction of sp³-hybridized carbons (Fsp3) is 0.500. The minimum atomic E-state index is 0.452. The van der Waals surface area contributed by atoms with E-state index in [9.17, 15) is 0 Å². The molecule has 1 atom stereocenters. The smallest absolute Gasteiger partial charge is 0.191 e. The number of nitrogens with zero attached hydrogens (tertiary/aromatic N) is 3. The van der Waals surface area contributed by atoms with Gasteiger partial charge in [-0.15, -0.1) is 10.2 Å². The van der Waals surface area contributed by atoms with Crippen LogP contribution >= 0.6 is 11.8 Å². The van der Waals surface area contributed by atoms with E-state index in [0.717, 1.165) is 23.3 Å². The van der Waals surface area contributed by atoms with E-state index >= 15 is 0 Å². The lowest BCUT2D eigenvalue weighted by molar-refractivity contribution is 0.594. The molecule has 0 amide bonds. The van der Waals surface area contributed by atoms with Gasteiger partial charge in [0.1, 0.15) is 5.82 Å². The maximum Gasteiger partial charge on any atom is 0.191 e. The van der Waals surface area contributed by atoms with Crippen molar-refractivity contribution in [2.45, 2.75) is 50.4 Å². The number of hydrogen-bond acceptors (Lipinski definition) is 4. The molecule has 2 aromatic rings. The first-order valence-corrected chi connectivity index (χ1v) is 8.64. The molecule has 5 heteroatoms. The van der Waals surface area contributed by atoms with Crippen LogP contribution in [0.4, 0.5) is 0 Å². The summed E-state index contributed by atoms with van der Waals surface area (Å²) >= 11 is 1.81. The summed E-state index contributed by atoms with van der Waals surface area (Å²) in [5.74, 6) is 2.58. The molecule has 4 nitrogen and oxygen atoms in total. The largest absolute Gasteiger partial charge is 0.324 e. The molecule has 1 aromatic carbocycles. The second-order valence-corrected chi connectivity index (χ2v) is 6.43. The third-order valence-corrected chi connectivity index (χ3v) is 5.33. The summed E-state index contributed by atoms with van der Waals surface area (Å²) in [4.78, 5) is 0. The van der Waals surface area contributed by atoms with Crippen LogP contribution in [0.15, 0.2) is 29.4 Å². The van der Waals surface area contributed by atoms with Crippen LogP contribution in [-0.2, 0) is 19.5 Å². The van der Waals surface area contributed by atoms with Crippen LogP contribution < -0.4 is 5.73 Å². The van der Waals surface area contributed by atoms with Crippen LogP contribution in [0.2, 0.25) is 0 Å². The van der Waals surface area contributed by atoms with Crippen molar-refractivity contribution in [3.05, 3.63) is 41.2 Å². The van der Waals surface area contributed by atoms with Crippen LogP contribution in [0, 0.1) is 0 Å². The predicted molar refractivity (Wildman–Crippen MR) is 86.4 cm³/mol. The Hall–Kier alpha value is -1.33. The van der Waals surface area contributed by atoms with Crippen molar-refractivity contribution in [2.24, 2.45) is 5.73 Å². The van der Waals surface area contributed by atoms with E-state index in [1.807, 2.05) is 11.8 Å². The van der Waals surface area contributed by atoms with Gasteiger partial charge < -0.3 is 10.3 Å².